The molecule has 1 saturated heterocycles. The molecule has 5 heteroatoms. The molecule has 5 atom stereocenters. The van der Waals surface area contributed by atoms with Gasteiger partial charge in [0, 0.05) is 5.92 Å². The van der Waals surface area contributed by atoms with Crippen molar-refractivity contribution < 1.29 is 19.1 Å². The first-order valence-electron chi connectivity index (χ1n) is 7.76. The minimum absolute atomic E-state index is 0.0321. The molecule has 4 aliphatic rings. The van der Waals surface area contributed by atoms with Crippen LogP contribution in [0.3, 0.4) is 0 Å². The fraction of sp³-hybridized carbons (Fsp3) is 0.875. The van der Waals surface area contributed by atoms with Crippen LogP contribution in [0.4, 0.5) is 0 Å². The SMILES string of the molecule is CC1(OC(=O)CCl)CC2CCC(C1)C1C2C(=O)OC1(C)C. The van der Waals surface area contributed by atoms with Gasteiger partial charge in [0.25, 0.3) is 0 Å². The van der Waals surface area contributed by atoms with Crippen LogP contribution in [0.1, 0.15) is 46.5 Å². The van der Waals surface area contributed by atoms with E-state index in [1.807, 2.05) is 20.8 Å². The van der Waals surface area contributed by atoms with Crippen LogP contribution in [0.15, 0.2) is 0 Å². The maximum absolute atomic E-state index is 12.3. The minimum Gasteiger partial charge on any atom is -0.459 e. The number of carbonyl (C=O) groups excluding carboxylic acids is 2. The molecule has 1 aliphatic heterocycles. The molecule has 0 spiro atoms. The zero-order valence-corrected chi connectivity index (χ0v) is 13.6. The number of esters is 2. The number of halogens is 1. The second-order valence-corrected chi connectivity index (χ2v) is 7.91. The maximum Gasteiger partial charge on any atom is 0.321 e. The van der Waals surface area contributed by atoms with Gasteiger partial charge in [-0.05, 0) is 58.3 Å². The highest BCUT2D eigenvalue weighted by molar-refractivity contribution is 6.26. The van der Waals surface area contributed by atoms with Crippen LogP contribution in [-0.4, -0.2) is 29.0 Å². The number of ether oxygens (including phenoxy) is 2. The number of fused-ring (bicyclic) bond motifs is 3. The van der Waals surface area contributed by atoms with Crippen molar-refractivity contribution in [2.75, 3.05) is 5.88 Å². The quantitative estimate of drug-likeness (QED) is 0.581. The van der Waals surface area contributed by atoms with Crippen molar-refractivity contribution >= 4 is 23.5 Å². The van der Waals surface area contributed by atoms with Gasteiger partial charge in [0.1, 0.15) is 17.1 Å². The number of hydrogen-bond donors (Lipinski definition) is 0. The van der Waals surface area contributed by atoms with Crippen LogP contribution in [0.5, 0.6) is 0 Å². The third-order valence-corrected chi connectivity index (χ3v) is 5.82. The van der Waals surface area contributed by atoms with Crippen molar-refractivity contribution in [3.05, 3.63) is 0 Å². The van der Waals surface area contributed by atoms with E-state index in [1.165, 1.54) is 0 Å². The van der Waals surface area contributed by atoms with E-state index in [4.69, 9.17) is 21.1 Å². The Morgan fingerprint density at radius 1 is 1.29 bits per heavy atom. The zero-order valence-electron chi connectivity index (χ0n) is 12.9. The van der Waals surface area contributed by atoms with E-state index in [9.17, 15) is 9.59 Å². The lowest BCUT2D eigenvalue weighted by molar-refractivity contribution is -0.158. The van der Waals surface area contributed by atoms with E-state index < -0.39 is 11.2 Å². The van der Waals surface area contributed by atoms with E-state index in [0.29, 0.717) is 5.92 Å². The normalized spacial score (nSPS) is 43.9. The molecule has 4 nitrogen and oxygen atoms in total. The van der Waals surface area contributed by atoms with Crippen molar-refractivity contribution in [1.82, 2.24) is 0 Å². The molecule has 0 aromatic heterocycles. The fourth-order valence-electron chi connectivity index (χ4n) is 5.14. The summed E-state index contributed by atoms with van der Waals surface area (Å²) in [7, 11) is 0. The van der Waals surface area contributed by atoms with Gasteiger partial charge in [-0.1, -0.05) is 0 Å². The molecule has 4 fully saturated rings. The molecule has 118 valence electrons. The Kier molecular flexibility index (Phi) is 3.51. The number of cyclic esters (lactones) is 1. The Bertz CT molecular complexity index is 475. The predicted octanol–water partition coefficient (Wildman–Crippen LogP) is 2.91. The Balaban J connectivity index is 1.90. The van der Waals surface area contributed by atoms with Crippen LogP contribution in [0.2, 0.25) is 0 Å². The molecular formula is C16H23ClO4. The lowest BCUT2D eigenvalue weighted by Gasteiger charge is -2.38. The Labute approximate surface area is 130 Å². The Hall–Kier alpha value is -0.770. The first-order valence-corrected chi connectivity index (χ1v) is 8.30. The second kappa shape index (κ2) is 4.87. The number of carbonyl (C=O) groups is 2. The average molecular weight is 315 g/mol. The lowest BCUT2D eigenvalue weighted by Crippen LogP contribution is -2.40. The highest BCUT2D eigenvalue weighted by Crippen LogP contribution is 2.58. The van der Waals surface area contributed by atoms with E-state index in [0.717, 1.165) is 25.7 Å². The first-order chi connectivity index (χ1) is 9.76. The van der Waals surface area contributed by atoms with Gasteiger partial charge in [-0.3, -0.25) is 9.59 Å². The predicted molar refractivity (Wildman–Crippen MR) is 77.8 cm³/mol. The fourth-order valence-corrected chi connectivity index (χ4v) is 5.20. The molecule has 0 aromatic carbocycles. The molecule has 2 bridgehead atoms. The molecule has 5 unspecified atom stereocenters. The van der Waals surface area contributed by atoms with E-state index >= 15 is 0 Å². The van der Waals surface area contributed by atoms with Gasteiger partial charge >= 0.3 is 11.9 Å². The Morgan fingerprint density at radius 2 is 1.90 bits per heavy atom. The van der Waals surface area contributed by atoms with E-state index in [-0.39, 0.29) is 35.6 Å². The first kappa shape index (κ1) is 15.1. The summed E-state index contributed by atoms with van der Waals surface area (Å²) in [6.07, 6.45) is 3.64. The molecule has 21 heavy (non-hydrogen) atoms. The largest absolute Gasteiger partial charge is 0.459 e. The van der Waals surface area contributed by atoms with E-state index in [1.54, 1.807) is 0 Å². The number of alkyl halides is 1. The molecule has 3 saturated carbocycles. The van der Waals surface area contributed by atoms with Gasteiger partial charge in [0.05, 0.1) is 5.92 Å². The summed E-state index contributed by atoms with van der Waals surface area (Å²) in [5, 5.41) is 0. The number of hydrogen-bond acceptors (Lipinski definition) is 4. The summed E-state index contributed by atoms with van der Waals surface area (Å²) < 4.78 is 11.3. The van der Waals surface area contributed by atoms with Gasteiger partial charge < -0.3 is 9.47 Å². The maximum atomic E-state index is 12.3. The van der Waals surface area contributed by atoms with Crippen LogP contribution in [0, 0.1) is 23.7 Å². The van der Waals surface area contributed by atoms with Crippen LogP contribution >= 0.6 is 11.6 Å². The van der Waals surface area contributed by atoms with Gasteiger partial charge in [-0.2, -0.15) is 0 Å². The van der Waals surface area contributed by atoms with Crippen molar-refractivity contribution in [2.45, 2.75) is 57.7 Å². The zero-order chi connectivity index (χ0) is 15.4. The van der Waals surface area contributed by atoms with Crippen LogP contribution < -0.4 is 0 Å². The summed E-state index contributed by atoms with van der Waals surface area (Å²) in [6.45, 7) is 6.01. The summed E-state index contributed by atoms with van der Waals surface area (Å²) >= 11 is 5.58. The van der Waals surface area contributed by atoms with Gasteiger partial charge in [0.2, 0.25) is 0 Å². The van der Waals surface area contributed by atoms with Crippen LogP contribution in [-0.2, 0) is 19.1 Å². The topological polar surface area (TPSA) is 52.6 Å². The third-order valence-electron chi connectivity index (χ3n) is 5.61. The molecular weight excluding hydrogens is 292 g/mol. The molecule has 0 aromatic rings. The average Bonchev–Trinajstić information content (AvgIpc) is 2.51. The smallest absolute Gasteiger partial charge is 0.321 e. The highest BCUT2D eigenvalue weighted by atomic mass is 35.5. The Morgan fingerprint density at radius 3 is 2.57 bits per heavy atom. The standard InChI is InChI=1S/C16H23ClO4/c1-15(2)13-10-5-4-9(12(13)14(19)21-15)6-16(3,7-10)20-11(18)8-17/h9-10,12-13H,4-8H2,1-3H3. The molecule has 0 radical (unpaired) electrons. The molecule has 0 N–H and O–H groups in total. The summed E-state index contributed by atoms with van der Waals surface area (Å²) in [4.78, 5) is 23.9. The molecule has 3 aliphatic carbocycles. The number of rotatable bonds is 2. The highest BCUT2D eigenvalue weighted by Gasteiger charge is 2.61. The molecule has 1 heterocycles. The van der Waals surface area contributed by atoms with Gasteiger partial charge in [-0.15, -0.1) is 11.6 Å². The minimum atomic E-state index is -0.501. The van der Waals surface area contributed by atoms with Crippen molar-refractivity contribution in [1.29, 1.82) is 0 Å². The third kappa shape index (κ3) is 2.45. The van der Waals surface area contributed by atoms with E-state index in [2.05, 4.69) is 0 Å². The van der Waals surface area contributed by atoms with Crippen molar-refractivity contribution in [3.8, 4) is 0 Å². The lowest BCUT2D eigenvalue weighted by atomic mass is 9.64. The molecule has 4 rings (SSSR count). The van der Waals surface area contributed by atoms with Crippen molar-refractivity contribution in [3.63, 3.8) is 0 Å². The van der Waals surface area contributed by atoms with Crippen molar-refractivity contribution in [2.24, 2.45) is 23.7 Å². The van der Waals surface area contributed by atoms with Gasteiger partial charge in [-0.25, -0.2) is 0 Å². The van der Waals surface area contributed by atoms with Crippen LogP contribution in [0.25, 0.3) is 0 Å². The summed E-state index contributed by atoms with van der Waals surface area (Å²) in [6, 6.07) is 0. The second-order valence-electron chi connectivity index (χ2n) is 7.64. The summed E-state index contributed by atoms with van der Waals surface area (Å²) in [5.41, 5.74) is -0.911. The summed E-state index contributed by atoms with van der Waals surface area (Å²) in [5.74, 6) is 0.265. The molecule has 0 amide bonds. The van der Waals surface area contributed by atoms with Gasteiger partial charge in [0.15, 0.2) is 0 Å². The monoisotopic (exact) mass is 314 g/mol.